The van der Waals surface area contributed by atoms with Crippen LogP contribution in [0.25, 0.3) is 0 Å². The molecule has 3 heteroatoms. The largest absolute Gasteiger partial charge is 0.347 e. The molecule has 3 atom stereocenters. The van der Waals surface area contributed by atoms with Crippen molar-refractivity contribution < 1.29 is 9.47 Å². The van der Waals surface area contributed by atoms with Crippen molar-refractivity contribution in [2.75, 3.05) is 13.2 Å². The summed E-state index contributed by atoms with van der Waals surface area (Å²) in [4.78, 5) is 0. The van der Waals surface area contributed by atoms with Crippen molar-refractivity contribution >= 4 is 0 Å². The van der Waals surface area contributed by atoms with Crippen LogP contribution in [-0.4, -0.2) is 19.0 Å². The van der Waals surface area contributed by atoms with Gasteiger partial charge in [-0.2, -0.15) is 5.26 Å². The second-order valence-corrected chi connectivity index (χ2v) is 8.60. The third kappa shape index (κ3) is 1.88. The van der Waals surface area contributed by atoms with Crippen molar-refractivity contribution in [3.63, 3.8) is 0 Å². The van der Waals surface area contributed by atoms with E-state index in [0.29, 0.717) is 11.8 Å². The van der Waals surface area contributed by atoms with Crippen LogP contribution in [0.5, 0.6) is 0 Å². The Morgan fingerprint density at radius 3 is 2.52 bits per heavy atom. The number of nitriles is 1. The van der Waals surface area contributed by atoms with E-state index in [2.05, 4.69) is 26.8 Å². The highest BCUT2D eigenvalue weighted by Crippen LogP contribution is 2.67. The Labute approximate surface area is 140 Å². The summed E-state index contributed by atoms with van der Waals surface area (Å²) >= 11 is 0. The summed E-state index contributed by atoms with van der Waals surface area (Å²) in [5.41, 5.74) is 2.91. The molecule has 0 aromatic carbocycles. The smallest absolute Gasteiger partial charge is 0.174 e. The molecule has 3 aliphatic carbocycles. The minimum atomic E-state index is -0.394. The molecular weight excluding hydrogens is 286 g/mol. The Morgan fingerprint density at radius 1 is 1.13 bits per heavy atom. The van der Waals surface area contributed by atoms with E-state index in [1.54, 1.807) is 5.57 Å². The van der Waals surface area contributed by atoms with Crippen LogP contribution >= 0.6 is 0 Å². The lowest BCUT2D eigenvalue weighted by Crippen LogP contribution is -2.58. The number of rotatable bonds is 1. The molecule has 4 aliphatic rings. The average molecular weight is 315 g/mol. The van der Waals surface area contributed by atoms with Gasteiger partial charge in [-0.15, -0.1) is 0 Å². The minimum Gasteiger partial charge on any atom is -0.347 e. The molecule has 0 N–H and O–H groups in total. The number of fused-ring (bicyclic) bond motifs is 4. The van der Waals surface area contributed by atoms with Gasteiger partial charge in [-0.3, -0.25) is 0 Å². The number of allylic oxidation sites excluding steroid dienone is 2. The summed E-state index contributed by atoms with van der Waals surface area (Å²) in [5, 5.41) is 10.0. The normalized spacial score (nSPS) is 42.0. The van der Waals surface area contributed by atoms with E-state index in [-0.39, 0.29) is 10.8 Å². The number of hydrogen-bond donors (Lipinski definition) is 0. The van der Waals surface area contributed by atoms with E-state index in [1.165, 1.54) is 12.0 Å². The second kappa shape index (κ2) is 5.07. The summed E-state index contributed by atoms with van der Waals surface area (Å²) in [6, 6.07) is 2.75. The van der Waals surface area contributed by atoms with Crippen LogP contribution < -0.4 is 0 Å². The van der Waals surface area contributed by atoms with Crippen LogP contribution in [0.3, 0.4) is 0 Å². The molecule has 4 rings (SSSR count). The fourth-order valence-electron chi connectivity index (χ4n) is 6.15. The Kier molecular flexibility index (Phi) is 3.45. The lowest BCUT2D eigenvalue weighted by atomic mass is 9.50. The second-order valence-electron chi connectivity index (χ2n) is 8.60. The van der Waals surface area contributed by atoms with Gasteiger partial charge in [-0.05, 0) is 55.9 Å². The number of nitrogens with zero attached hydrogens (tertiary/aromatic N) is 1. The van der Waals surface area contributed by atoms with Crippen LogP contribution in [-0.2, 0) is 9.47 Å². The maximum atomic E-state index is 10.0. The predicted molar refractivity (Wildman–Crippen MR) is 88.5 cm³/mol. The molecule has 0 aromatic rings. The molecule has 0 aromatic heterocycles. The van der Waals surface area contributed by atoms with E-state index in [1.807, 2.05) is 0 Å². The fraction of sp³-hybridized carbons (Fsp3) is 0.850. The topological polar surface area (TPSA) is 42.2 Å². The lowest BCUT2D eigenvalue weighted by molar-refractivity contribution is -0.272. The fourth-order valence-corrected chi connectivity index (χ4v) is 6.15. The maximum absolute atomic E-state index is 10.0. The van der Waals surface area contributed by atoms with Crippen LogP contribution in [0.2, 0.25) is 0 Å². The van der Waals surface area contributed by atoms with Crippen molar-refractivity contribution in [2.24, 2.45) is 22.7 Å². The molecular formula is C20H29NO2. The Bertz CT molecular complexity index is 581. The Morgan fingerprint density at radius 2 is 1.87 bits per heavy atom. The van der Waals surface area contributed by atoms with Gasteiger partial charge in [-0.1, -0.05) is 26.3 Å². The quantitative estimate of drug-likeness (QED) is 0.665. The molecule has 3 fully saturated rings. The maximum Gasteiger partial charge on any atom is 0.174 e. The standard InChI is InChI=1S/C20H29NO2/c1-14(2)15-6-8-19(13-21)10-9-18(3)16(17(15)19)5-4-7-20(18)22-11-12-23-20/h14,16H,4-12H2,1-3H3/t16-,18-,19-/m1/s1. The van der Waals surface area contributed by atoms with Gasteiger partial charge >= 0.3 is 0 Å². The van der Waals surface area contributed by atoms with Gasteiger partial charge < -0.3 is 9.47 Å². The van der Waals surface area contributed by atoms with Crippen LogP contribution in [0, 0.1) is 34.0 Å². The first kappa shape index (κ1) is 15.7. The molecule has 2 saturated carbocycles. The van der Waals surface area contributed by atoms with Crippen molar-refractivity contribution in [3.05, 3.63) is 11.1 Å². The molecule has 126 valence electrons. The summed E-state index contributed by atoms with van der Waals surface area (Å²) in [7, 11) is 0. The van der Waals surface area contributed by atoms with Gasteiger partial charge in [0.15, 0.2) is 5.79 Å². The van der Waals surface area contributed by atoms with Crippen molar-refractivity contribution in [1.29, 1.82) is 5.26 Å². The number of hydrogen-bond acceptors (Lipinski definition) is 3. The molecule has 0 bridgehead atoms. The molecule has 1 heterocycles. The molecule has 1 spiro atoms. The molecule has 1 aliphatic heterocycles. The average Bonchev–Trinajstić information content (AvgIpc) is 3.15. The minimum absolute atomic E-state index is 0.0297. The van der Waals surface area contributed by atoms with Crippen molar-refractivity contribution in [3.8, 4) is 6.07 Å². The van der Waals surface area contributed by atoms with Gasteiger partial charge in [0, 0.05) is 11.8 Å². The van der Waals surface area contributed by atoms with Gasteiger partial charge in [-0.25, -0.2) is 0 Å². The highest BCUT2D eigenvalue weighted by molar-refractivity contribution is 5.41. The van der Waals surface area contributed by atoms with E-state index in [4.69, 9.17) is 9.47 Å². The monoisotopic (exact) mass is 315 g/mol. The predicted octanol–water partition coefficient (Wildman–Crippen LogP) is 4.59. The van der Waals surface area contributed by atoms with E-state index in [9.17, 15) is 5.26 Å². The number of ether oxygens (including phenoxy) is 2. The zero-order valence-corrected chi connectivity index (χ0v) is 14.8. The molecule has 0 unspecified atom stereocenters. The Balaban J connectivity index is 1.84. The Hall–Kier alpha value is -0.850. The molecule has 0 amide bonds. The van der Waals surface area contributed by atoms with Crippen LogP contribution in [0.15, 0.2) is 11.1 Å². The first-order valence-corrected chi connectivity index (χ1v) is 9.41. The first-order valence-electron chi connectivity index (χ1n) is 9.41. The van der Waals surface area contributed by atoms with Crippen molar-refractivity contribution in [2.45, 2.75) is 71.5 Å². The highest BCUT2D eigenvalue weighted by atomic mass is 16.7. The molecule has 3 nitrogen and oxygen atoms in total. The van der Waals surface area contributed by atoms with Gasteiger partial charge in [0.1, 0.15) is 0 Å². The van der Waals surface area contributed by atoms with E-state index < -0.39 is 5.79 Å². The van der Waals surface area contributed by atoms with Gasteiger partial charge in [0.05, 0.1) is 24.7 Å². The van der Waals surface area contributed by atoms with E-state index >= 15 is 0 Å². The van der Waals surface area contributed by atoms with Crippen LogP contribution in [0.4, 0.5) is 0 Å². The summed E-state index contributed by atoms with van der Waals surface area (Å²) in [6.45, 7) is 8.42. The summed E-state index contributed by atoms with van der Waals surface area (Å²) in [5.74, 6) is 0.614. The van der Waals surface area contributed by atoms with E-state index in [0.717, 1.165) is 51.7 Å². The van der Waals surface area contributed by atoms with Crippen molar-refractivity contribution in [1.82, 2.24) is 0 Å². The summed E-state index contributed by atoms with van der Waals surface area (Å²) in [6.07, 6.45) is 7.55. The third-order valence-electron chi connectivity index (χ3n) is 7.40. The van der Waals surface area contributed by atoms with Gasteiger partial charge in [0.25, 0.3) is 0 Å². The zero-order valence-electron chi connectivity index (χ0n) is 14.8. The molecule has 23 heavy (non-hydrogen) atoms. The SMILES string of the molecule is CC(C)C1=C2[C@H]3CCCC4(OCCO4)[C@]3(C)CC[C@@]2(C#N)CC1. The van der Waals surface area contributed by atoms with Gasteiger partial charge in [0.2, 0.25) is 0 Å². The molecule has 0 radical (unpaired) electrons. The summed E-state index contributed by atoms with van der Waals surface area (Å²) < 4.78 is 12.5. The highest BCUT2D eigenvalue weighted by Gasteiger charge is 2.64. The molecule has 1 saturated heterocycles. The third-order valence-corrected chi connectivity index (χ3v) is 7.40. The first-order chi connectivity index (χ1) is 11.0. The van der Waals surface area contributed by atoms with Crippen LogP contribution in [0.1, 0.15) is 65.7 Å². The zero-order chi connectivity index (χ0) is 16.3. The lowest BCUT2D eigenvalue weighted by Gasteiger charge is -2.58.